The number of benzene rings is 1. The molecule has 0 amide bonds. The Hall–Kier alpha value is -0.900. The molecule has 3 nitrogen and oxygen atoms in total. The van der Waals surface area contributed by atoms with Crippen molar-refractivity contribution in [2.24, 2.45) is 5.92 Å². The second-order valence-electron chi connectivity index (χ2n) is 6.57. The van der Waals surface area contributed by atoms with E-state index in [1.807, 2.05) is 0 Å². The first-order valence-corrected chi connectivity index (χ1v) is 8.01. The zero-order chi connectivity index (χ0) is 15.4. The average molecular weight is 291 g/mol. The Morgan fingerprint density at radius 1 is 1.29 bits per heavy atom. The topological polar surface area (TPSA) is 32.7 Å². The van der Waals surface area contributed by atoms with E-state index in [1.165, 1.54) is 17.5 Å². The Morgan fingerprint density at radius 3 is 2.57 bits per heavy atom. The number of likely N-dealkylation sites (tertiary alicyclic amines) is 1. The Morgan fingerprint density at radius 2 is 1.95 bits per heavy atom. The minimum Gasteiger partial charge on any atom is -0.388 e. The molecule has 2 rings (SSSR count). The van der Waals surface area contributed by atoms with Crippen LogP contribution < -0.4 is 0 Å². The number of piperidine rings is 1. The first kappa shape index (κ1) is 16.5. The molecule has 1 heterocycles. The molecule has 1 aliphatic heterocycles. The predicted molar refractivity (Wildman–Crippen MR) is 86.5 cm³/mol. The fourth-order valence-corrected chi connectivity index (χ4v) is 3.28. The molecule has 1 saturated heterocycles. The number of aliphatic hydroxyl groups is 1. The Kier molecular flexibility index (Phi) is 5.80. The molecule has 1 N–H and O–H groups in total. The van der Waals surface area contributed by atoms with Crippen molar-refractivity contribution in [3.05, 3.63) is 34.9 Å². The highest BCUT2D eigenvalue weighted by Gasteiger charge is 2.26. The van der Waals surface area contributed by atoms with Crippen LogP contribution in [0.15, 0.2) is 18.2 Å². The molecule has 118 valence electrons. The van der Waals surface area contributed by atoms with E-state index in [4.69, 9.17) is 4.74 Å². The molecule has 1 aromatic rings. The van der Waals surface area contributed by atoms with Crippen molar-refractivity contribution in [1.29, 1.82) is 0 Å². The van der Waals surface area contributed by atoms with Gasteiger partial charge in [0.2, 0.25) is 0 Å². The molecule has 0 radical (unpaired) electrons. The van der Waals surface area contributed by atoms with Crippen molar-refractivity contribution in [1.82, 2.24) is 4.90 Å². The summed E-state index contributed by atoms with van der Waals surface area (Å²) >= 11 is 0. The highest BCUT2D eigenvalue weighted by molar-refractivity contribution is 5.29. The fourth-order valence-electron chi connectivity index (χ4n) is 3.28. The van der Waals surface area contributed by atoms with Gasteiger partial charge in [0.05, 0.1) is 12.2 Å². The molecular weight excluding hydrogens is 262 g/mol. The molecule has 0 aromatic heterocycles. The van der Waals surface area contributed by atoms with Crippen molar-refractivity contribution in [3.63, 3.8) is 0 Å². The smallest absolute Gasteiger partial charge is 0.0802 e. The van der Waals surface area contributed by atoms with E-state index in [-0.39, 0.29) is 6.10 Å². The van der Waals surface area contributed by atoms with Gasteiger partial charge in [0.25, 0.3) is 0 Å². The second kappa shape index (κ2) is 7.39. The third kappa shape index (κ3) is 4.53. The minimum absolute atomic E-state index is 0.331. The van der Waals surface area contributed by atoms with E-state index in [0.29, 0.717) is 12.0 Å². The normalized spacial score (nSPS) is 25.0. The van der Waals surface area contributed by atoms with Crippen LogP contribution in [0, 0.1) is 19.8 Å². The third-order valence-corrected chi connectivity index (χ3v) is 4.62. The van der Waals surface area contributed by atoms with Gasteiger partial charge >= 0.3 is 0 Å². The van der Waals surface area contributed by atoms with Gasteiger partial charge in [-0.3, -0.25) is 0 Å². The number of hydrogen-bond donors (Lipinski definition) is 1. The molecule has 0 spiro atoms. The Bertz CT molecular complexity index is 440. The lowest BCUT2D eigenvalue weighted by Gasteiger charge is -2.36. The predicted octanol–water partition coefficient (Wildman–Crippen LogP) is 3.08. The summed E-state index contributed by atoms with van der Waals surface area (Å²) in [4.78, 5) is 2.42. The highest BCUT2D eigenvalue weighted by Crippen LogP contribution is 2.23. The number of aryl methyl sites for hydroxylation is 2. The maximum absolute atomic E-state index is 10.4. The average Bonchev–Trinajstić information content (AvgIpc) is 2.45. The van der Waals surface area contributed by atoms with Crippen molar-refractivity contribution in [3.8, 4) is 0 Å². The van der Waals surface area contributed by atoms with Crippen LogP contribution in [-0.4, -0.2) is 42.9 Å². The first-order valence-electron chi connectivity index (χ1n) is 8.01. The van der Waals surface area contributed by atoms with Crippen molar-refractivity contribution >= 4 is 0 Å². The Balaban J connectivity index is 1.87. The fraction of sp³-hybridized carbons (Fsp3) is 0.667. The van der Waals surface area contributed by atoms with Crippen molar-refractivity contribution in [2.75, 3.05) is 26.7 Å². The standard InChI is InChI=1S/C18H29NO2/c1-13-9-14(2)11-16(10-13)17(20)6-8-19-7-5-15(3)18(12-19)21-4/h9-11,15,17-18,20H,5-8,12H2,1-4H3. The number of nitrogens with zero attached hydrogens (tertiary/aromatic N) is 1. The zero-order valence-electron chi connectivity index (χ0n) is 13.8. The number of rotatable bonds is 5. The Labute approximate surface area is 128 Å². The van der Waals surface area contributed by atoms with E-state index in [1.54, 1.807) is 7.11 Å². The largest absolute Gasteiger partial charge is 0.388 e. The maximum atomic E-state index is 10.4. The van der Waals surface area contributed by atoms with Gasteiger partial charge in [-0.1, -0.05) is 36.2 Å². The molecule has 21 heavy (non-hydrogen) atoms. The number of hydrogen-bond acceptors (Lipinski definition) is 3. The van der Waals surface area contributed by atoms with Crippen LogP contribution in [0.2, 0.25) is 0 Å². The van der Waals surface area contributed by atoms with Gasteiger partial charge in [0.15, 0.2) is 0 Å². The highest BCUT2D eigenvalue weighted by atomic mass is 16.5. The second-order valence-corrected chi connectivity index (χ2v) is 6.57. The summed E-state index contributed by atoms with van der Waals surface area (Å²) in [7, 11) is 1.80. The molecule has 0 aliphatic carbocycles. The zero-order valence-corrected chi connectivity index (χ0v) is 13.8. The van der Waals surface area contributed by atoms with Crippen LogP contribution in [0.4, 0.5) is 0 Å². The summed E-state index contributed by atoms with van der Waals surface area (Å²) in [5, 5.41) is 10.4. The van der Waals surface area contributed by atoms with Crippen LogP contribution in [0.25, 0.3) is 0 Å². The summed E-state index contributed by atoms with van der Waals surface area (Å²) in [6.07, 6.45) is 1.92. The molecule has 3 atom stereocenters. The summed E-state index contributed by atoms with van der Waals surface area (Å²) in [5.41, 5.74) is 3.48. The van der Waals surface area contributed by atoms with Crippen molar-refractivity contribution < 1.29 is 9.84 Å². The van der Waals surface area contributed by atoms with E-state index >= 15 is 0 Å². The molecule has 1 aromatic carbocycles. The molecular formula is C18H29NO2. The summed E-state index contributed by atoms with van der Waals surface area (Å²) < 4.78 is 5.55. The summed E-state index contributed by atoms with van der Waals surface area (Å²) in [6, 6.07) is 6.33. The molecule has 3 heteroatoms. The van der Waals surface area contributed by atoms with Crippen LogP contribution in [-0.2, 0) is 4.74 Å². The lowest BCUT2D eigenvalue weighted by molar-refractivity contribution is -0.00868. The molecule has 1 aliphatic rings. The van der Waals surface area contributed by atoms with Gasteiger partial charge in [-0.05, 0) is 44.7 Å². The monoisotopic (exact) mass is 291 g/mol. The van der Waals surface area contributed by atoms with Crippen LogP contribution >= 0.6 is 0 Å². The summed E-state index contributed by atoms with van der Waals surface area (Å²) in [5.74, 6) is 0.635. The quantitative estimate of drug-likeness (QED) is 0.905. The van der Waals surface area contributed by atoms with Gasteiger partial charge in [0.1, 0.15) is 0 Å². The van der Waals surface area contributed by atoms with Crippen LogP contribution in [0.1, 0.15) is 42.6 Å². The van der Waals surface area contributed by atoms with Crippen LogP contribution in [0.3, 0.4) is 0 Å². The van der Waals surface area contributed by atoms with Gasteiger partial charge < -0.3 is 14.7 Å². The minimum atomic E-state index is -0.371. The van der Waals surface area contributed by atoms with E-state index in [2.05, 4.69) is 43.9 Å². The SMILES string of the molecule is COC1CN(CCC(O)c2cc(C)cc(C)c2)CCC1C. The molecule has 0 saturated carbocycles. The number of ether oxygens (including phenoxy) is 1. The van der Waals surface area contributed by atoms with Crippen LogP contribution in [0.5, 0.6) is 0 Å². The summed E-state index contributed by atoms with van der Waals surface area (Å²) in [6.45, 7) is 9.45. The van der Waals surface area contributed by atoms with E-state index in [9.17, 15) is 5.11 Å². The lowest BCUT2D eigenvalue weighted by Crippen LogP contribution is -2.44. The van der Waals surface area contributed by atoms with E-state index in [0.717, 1.165) is 31.6 Å². The van der Waals surface area contributed by atoms with Gasteiger partial charge in [-0.2, -0.15) is 0 Å². The molecule has 0 bridgehead atoms. The van der Waals surface area contributed by atoms with Gasteiger partial charge in [-0.25, -0.2) is 0 Å². The maximum Gasteiger partial charge on any atom is 0.0802 e. The van der Waals surface area contributed by atoms with Gasteiger partial charge in [-0.15, -0.1) is 0 Å². The number of methoxy groups -OCH3 is 1. The number of aliphatic hydroxyl groups excluding tert-OH is 1. The van der Waals surface area contributed by atoms with Crippen molar-refractivity contribution in [2.45, 2.75) is 45.8 Å². The molecule has 3 unspecified atom stereocenters. The third-order valence-electron chi connectivity index (χ3n) is 4.62. The first-order chi connectivity index (χ1) is 9.99. The van der Waals surface area contributed by atoms with Gasteiger partial charge in [0, 0.05) is 20.2 Å². The lowest BCUT2D eigenvalue weighted by atomic mass is 9.95. The molecule has 1 fully saturated rings. The van der Waals surface area contributed by atoms with E-state index < -0.39 is 0 Å².